The van der Waals surface area contributed by atoms with E-state index in [1.807, 2.05) is 38.1 Å². The van der Waals surface area contributed by atoms with Crippen molar-refractivity contribution in [3.8, 4) is 0 Å². The number of hydrogen-bond acceptors (Lipinski definition) is 3. The van der Waals surface area contributed by atoms with E-state index < -0.39 is 5.66 Å². The Morgan fingerprint density at radius 1 is 1.10 bits per heavy atom. The van der Waals surface area contributed by atoms with Crippen molar-refractivity contribution in [2.75, 3.05) is 11.4 Å². The zero-order valence-corrected chi connectivity index (χ0v) is 17.5. The number of aryl methyl sites for hydroxylation is 1. The number of amides is 3. The Labute approximate surface area is 176 Å². The highest BCUT2D eigenvalue weighted by atomic mass is 16.2. The van der Waals surface area contributed by atoms with Gasteiger partial charge >= 0.3 is 0 Å². The summed E-state index contributed by atoms with van der Waals surface area (Å²) < 4.78 is 0. The zero-order valence-electron chi connectivity index (χ0n) is 17.5. The van der Waals surface area contributed by atoms with Crippen LogP contribution in [0.5, 0.6) is 0 Å². The zero-order chi connectivity index (χ0) is 21.3. The molecule has 156 valence electrons. The van der Waals surface area contributed by atoms with Gasteiger partial charge in [-0.05, 0) is 31.0 Å². The normalized spacial score (nSPS) is 20.2. The molecule has 1 saturated heterocycles. The molecule has 2 heterocycles. The second-order valence-corrected chi connectivity index (χ2v) is 8.04. The van der Waals surface area contributed by atoms with Crippen molar-refractivity contribution in [2.24, 2.45) is 0 Å². The molecular formula is C24H27N3O3. The number of anilines is 1. The van der Waals surface area contributed by atoms with Gasteiger partial charge in [0.1, 0.15) is 0 Å². The summed E-state index contributed by atoms with van der Waals surface area (Å²) in [6.07, 6.45) is 2.20. The molecule has 0 bridgehead atoms. The number of nitrogens with zero attached hydrogens (tertiary/aromatic N) is 2. The fourth-order valence-electron chi connectivity index (χ4n) is 4.43. The molecule has 1 fully saturated rings. The Balaban J connectivity index is 1.72. The predicted octanol–water partition coefficient (Wildman–Crippen LogP) is 3.39. The molecule has 0 saturated carbocycles. The maximum absolute atomic E-state index is 13.6. The van der Waals surface area contributed by atoms with Crippen LogP contribution >= 0.6 is 0 Å². The summed E-state index contributed by atoms with van der Waals surface area (Å²) in [5.41, 5.74) is 1.83. The SMILES string of the molecule is CCCCN1C(=O)c2ccccc2N2C(=O)CC[C@@]12C(=O)NCc1ccc(C)cc1. The first-order valence-corrected chi connectivity index (χ1v) is 10.6. The van der Waals surface area contributed by atoms with Gasteiger partial charge in [0, 0.05) is 25.9 Å². The minimum absolute atomic E-state index is 0.123. The monoisotopic (exact) mass is 405 g/mol. The quantitative estimate of drug-likeness (QED) is 0.801. The average molecular weight is 405 g/mol. The number of nitrogens with one attached hydrogen (secondary N) is 1. The lowest BCUT2D eigenvalue weighted by Gasteiger charge is -2.49. The second kappa shape index (κ2) is 7.94. The first-order valence-electron chi connectivity index (χ1n) is 10.6. The van der Waals surface area contributed by atoms with Gasteiger partial charge in [0.2, 0.25) is 11.6 Å². The minimum Gasteiger partial charge on any atom is -0.348 e. The van der Waals surface area contributed by atoms with Gasteiger partial charge in [0.25, 0.3) is 11.8 Å². The van der Waals surface area contributed by atoms with E-state index in [1.165, 1.54) is 0 Å². The van der Waals surface area contributed by atoms with Gasteiger partial charge in [-0.2, -0.15) is 0 Å². The number of carbonyl (C=O) groups is 3. The van der Waals surface area contributed by atoms with E-state index >= 15 is 0 Å². The lowest BCUT2D eigenvalue weighted by Crippen LogP contribution is -2.70. The highest BCUT2D eigenvalue weighted by molar-refractivity contribution is 6.16. The molecule has 1 atom stereocenters. The van der Waals surface area contributed by atoms with E-state index in [-0.39, 0.29) is 24.1 Å². The summed E-state index contributed by atoms with van der Waals surface area (Å²) in [5, 5.41) is 3.00. The summed E-state index contributed by atoms with van der Waals surface area (Å²) in [6.45, 7) is 4.84. The van der Waals surface area contributed by atoms with Gasteiger partial charge in [-0.1, -0.05) is 55.3 Å². The standard InChI is InChI=1S/C24H27N3O3/c1-3-4-15-26-22(29)19-7-5-6-8-20(19)27-21(28)13-14-24(26,27)23(30)25-16-18-11-9-17(2)10-12-18/h5-12H,3-4,13-16H2,1-2H3,(H,25,30)/t24-/m1/s1. The van der Waals surface area contributed by atoms with E-state index in [9.17, 15) is 14.4 Å². The molecule has 1 N–H and O–H groups in total. The molecule has 0 spiro atoms. The molecule has 30 heavy (non-hydrogen) atoms. The highest BCUT2D eigenvalue weighted by Crippen LogP contribution is 2.44. The van der Waals surface area contributed by atoms with Crippen molar-refractivity contribution >= 4 is 23.4 Å². The number of para-hydroxylation sites is 1. The number of carbonyl (C=O) groups excluding carboxylic acids is 3. The maximum atomic E-state index is 13.6. The van der Waals surface area contributed by atoms with Gasteiger partial charge < -0.3 is 10.2 Å². The van der Waals surface area contributed by atoms with Crippen molar-refractivity contribution in [3.63, 3.8) is 0 Å². The minimum atomic E-state index is -1.30. The first-order chi connectivity index (χ1) is 14.5. The van der Waals surface area contributed by atoms with E-state index in [2.05, 4.69) is 5.32 Å². The number of fused-ring (bicyclic) bond motifs is 3. The third-order valence-corrected chi connectivity index (χ3v) is 6.05. The number of hydrogen-bond donors (Lipinski definition) is 1. The Hall–Kier alpha value is -3.15. The topological polar surface area (TPSA) is 69.7 Å². The molecule has 2 aliphatic rings. The Bertz CT molecular complexity index is 985. The summed E-state index contributed by atoms with van der Waals surface area (Å²) in [6, 6.07) is 15.0. The third-order valence-electron chi connectivity index (χ3n) is 6.05. The molecule has 2 aromatic carbocycles. The van der Waals surface area contributed by atoms with Crippen LogP contribution in [0.15, 0.2) is 48.5 Å². The molecule has 0 radical (unpaired) electrons. The molecule has 4 rings (SSSR count). The van der Waals surface area contributed by atoms with Gasteiger partial charge in [-0.25, -0.2) is 0 Å². The molecule has 6 heteroatoms. The van der Waals surface area contributed by atoms with Crippen molar-refractivity contribution in [1.29, 1.82) is 0 Å². The van der Waals surface area contributed by atoms with Gasteiger partial charge in [-0.3, -0.25) is 19.3 Å². The third kappa shape index (κ3) is 3.16. The Morgan fingerprint density at radius 2 is 1.83 bits per heavy atom. The highest BCUT2D eigenvalue weighted by Gasteiger charge is 2.60. The lowest BCUT2D eigenvalue weighted by atomic mass is 9.95. The smallest absolute Gasteiger partial charge is 0.267 e. The van der Waals surface area contributed by atoms with E-state index in [0.717, 1.165) is 24.0 Å². The van der Waals surface area contributed by atoms with Crippen LogP contribution in [0.25, 0.3) is 0 Å². The molecule has 2 aromatic rings. The Kier molecular flexibility index (Phi) is 5.33. The molecule has 0 unspecified atom stereocenters. The van der Waals surface area contributed by atoms with Crippen LogP contribution in [0.1, 0.15) is 54.1 Å². The van der Waals surface area contributed by atoms with Crippen LogP contribution in [0.4, 0.5) is 5.69 Å². The van der Waals surface area contributed by atoms with Crippen LogP contribution in [0, 0.1) is 6.92 Å². The molecule has 3 amide bonds. The summed E-state index contributed by atoms with van der Waals surface area (Å²) in [5.74, 6) is -0.606. The van der Waals surface area contributed by atoms with Crippen LogP contribution in [-0.2, 0) is 16.1 Å². The average Bonchev–Trinajstić information content (AvgIpc) is 3.11. The largest absolute Gasteiger partial charge is 0.348 e. The molecule has 6 nitrogen and oxygen atoms in total. The number of unbranched alkanes of at least 4 members (excludes halogenated alkanes) is 1. The maximum Gasteiger partial charge on any atom is 0.267 e. The van der Waals surface area contributed by atoms with E-state index in [0.29, 0.717) is 30.8 Å². The fourth-order valence-corrected chi connectivity index (χ4v) is 4.43. The van der Waals surface area contributed by atoms with E-state index in [4.69, 9.17) is 0 Å². The van der Waals surface area contributed by atoms with Gasteiger partial charge in [0.15, 0.2) is 0 Å². The molecule has 0 aromatic heterocycles. The van der Waals surface area contributed by atoms with Crippen molar-refractivity contribution < 1.29 is 14.4 Å². The van der Waals surface area contributed by atoms with Crippen molar-refractivity contribution in [1.82, 2.24) is 10.2 Å². The molecule has 2 aliphatic heterocycles. The second-order valence-electron chi connectivity index (χ2n) is 8.04. The fraction of sp³-hybridized carbons (Fsp3) is 0.375. The predicted molar refractivity (Wildman–Crippen MR) is 115 cm³/mol. The van der Waals surface area contributed by atoms with Crippen LogP contribution in [0.2, 0.25) is 0 Å². The summed E-state index contributed by atoms with van der Waals surface area (Å²) in [7, 11) is 0. The number of benzene rings is 2. The first kappa shape index (κ1) is 20.1. The van der Waals surface area contributed by atoms with Gasteiger partial charge in [0.05, 0.1) is 11.3 Å². The molecule has 0 aliphatic carbocycles. The van der Waals surface area contributed by atoms with Crippen LogP contribution in [0.3, 0.4) is 0 Å². The van der Waals surface area contributed by atoms with Crippen LogP contribution in [-0.4, -0.2) is 34.8 Å². The van der Waals surface area contributed by atoms with Gasteiger partial charge in [-0.15, -0.1) is 0 Å². The number of rotatable bonds is 6. The molecular weight excluding hydrogens is 378 g/mol. The van der Waals surface area contributed by atoms with Crippen molar-refractivity contribution in [2.45, 2.75) is 51.7 Å². The lowest BCUT2D eigenvalue weighted by molar-refractivity contribution is -0.133. The Morgan fingerprint density at radius 3 is 2.57 bits per heavy atom. The van der Waals surface area contributed by atoms with Crippen LogP contribution < -0.4 is 10.2 Å². The summed E-state index contributed by atoms with van der Waals surface area (Å²) in [4.78, 5) is 43.1. The van der Waals surface area contributed by atoms with Crippen molar-refractivity contribution in [3.05, 3.63) is 65.2 Å². The summed E-state index contributed by atoms with van der Waals surface area (Å²) >= 11 is 0. The van der Waals surface area contributed by atoms with E-state index in [1.54, 1.807) is 34.1 Å².